The van der Waals surface area contributed by atoms with Gasteiger partial charge in [-0.3, -0.25) is 0 Å². The Labute approximate surface area is 155 Å². The summed E-state index contributed by atoms with van der Waals surface area (Å²) in [6, 6.07) is 26.6. The van der Waals surface area contributed by atoms with Gasteiger partial charge in [-0.05, 0) is 45.2 Å². The third kappa shape index (κ3) is 1.58. The number of para-hydroxylation sites is 2. The minimum absolute atomic E-state index is 0.190. The monoisotopic (exact) mass is 346 g/mol. The molecule has 0 aromatic heterocycles. The van der Waals surface area contributed by atoms with Crippen LogP contribution in [-0.4, -0.2) is 14.8 Å². The Morgan fingerprint density at radius 3 is 2.04 bits per heavy atom. The van der Waals surface area contributed by atoms with Crippen LogP contribution in [0.3, 0.4) is 0 Å². The average molecular weight is 346 g/mol. The quantitative estimate of drug-likeness (QED) is 0.572. The van der Waals surface area contributed by atoms with Crippen molar-refractivity contribution >= 4 is 31.8 Å². The number of hydrogen-bond acceptors (Lipinski definition) is 1. The van der Waals surface area contributed by atoms with Gasteiger partial charge in [-0.1, -0.05) is 78.5 Å². The standard InChI is InChI=1S/C24H16NSi/c1-2-10-18-16(8-1)17-9-7-15-26-23(17)24(18)19-11-3-5-13-21(19)25-22-14-6-4-12-20(22)24/h1-15,25H. The summed E-state index contributed by atoms with van der Waals surface area (Å²) < 4.78 is 0. The molecular weight excluding hydrogens is 330 g/mol. The third-order valence-corrected chi connectivity index (χ3v) is 7.08. The first-order valence-corrected chi connectivity index (χ1v) is 10.1. The van der Waals surface area contributed by atoms with Crippen molar-refractivity contribution in [2.24, 2.45) is 0 Å². The van der Waals surface area contributed by atoms with Gasteiger partial charge in [0.1, 0.15) is 0 Å². The van der Waals surface area contributed by atoms with Gasteiger partial charge in [-0.15, -0.1) is 0 Å². The summed E-state index contributed by atoms with van der Waals surface area (Å²) in [4.78, 5) is 0. The molecule has 0 bridgehead atoms. The highest BCUT2D eigenvalue weighted by Gasteiger charge is 2.50. The van der Waals surface area contributed by atoms with E-state index in [2.05, 4.69) is 95.9 Å². The van der Waals surface area contributed by atoms with Crippen LogP contribution < -0.4 is 5.32 Å². The molecule has 2 heteroatoms. The van der Waals surface area contributed by atoms with E-state index in [4.69, 9.17) is 0 Å². The average Bonchev–Trinajstić information content (AvgIpc) is 3.00. The molecule has 3 aromatic rings. The molecular formula is C24H16NSi. The van der Waals surface area contributed by atoms with E-state index in [1.807, 2.05) is 0 Å². The van der Waals surface area contributed by atoms with Gasteiger partial charge < -0.3 is 5.32 Å². The molecule has 1 spiro atoms. The molecule has 3 aromatic carbocycles. The van der Waals surface area contributed by atoms with E-state index in [9.17, 15) is 0 Å². The molecule has 0 unspecified atom stereocenters. The first kappa shape index (κ1) is 14.2. The van der Waals surface area contributed by atoms with Crippen molar-refractivity contribution in [3.8, 4) is 0 Å². The van der Waals surface area contributed by atoms with Gasteiger partial charge in [0.15, 0.2) is 0 Å². The van der Waals surface area contributed by atoms with Crippen molar-refractivity contribution < 1.29 is 0 Å². The van der Waals surface area contributed by atoms with Gasteiger partial charge in [-0.2, -0.15) is 0 Å². The molecule has 1 N–H and O–H groups in total. The van der Waals surface area contributed by atoms with Crippen LogP contribution in [0.4, 0.5) is 11.4 Å². The Morgan fingerprint density at radius 2 is 1.31 bits per heavy atom. The highest BCUT2D eigenvalue weighted by Crippen LogP contribution is 2.59. The molecule has 0 atom stereocenters. The predicted molar refractivity (Wildman–Crippen MR) is 110 cm³/mol. The number of anilines is 2. The van der Waals surface area contributed by atoms with Crippen molar-refractivity contribution in [2.45, 2.75) is 5.41 Å². The van der Waals surface area contributed by atoms with E-state index in [1.165, 1.54) is 44.4 Å². The normalized spacial score (nSPS) is 17.4. The largest absolute Gasteiger partial charge is 0.355 e. The van der Waals surface area contributed by atoms with E-state index >= 15 is 0 Å². The van der Waals surface area contributed by atoms with E-state index in [1.54, 1.807) is 0 Å². The zero-order valence-electron chi connectivity index (χ0n) is 14.2. The minimum Gasteiger partial charge on any atom is -0.355 e. The number of hydrogen-bond donors (Lipinski definition) is 1. The molecule has 1 aliphatic carbocycles. The zero-order chi connectivity index (χ0) is 17.1. The van der Waals surface area contributed by atoms with Crippen molar-refractivity contribution in [1.29, 1.82) is 0 Å². The Kier molecular flexibility index (Phi) is 2.75. The lowest BCUT2D eigenvalue weighted by Crippen LogP contribution is -2.35. The lowest BCUT2D eigenvalue weighted by molar-refractivity contribution is 0.772. The molecule has 1 radical (unpaired) electrons. The summed E-state index contributed by atoms with van der Waals surface area (Å²) in [6.45, 7) is 0. The van der Waals surface area contributed by atoms with E-state index < -0.39 is 0 Å². The lowest BCUT2D eigenvalue weighted by atomic mass is 9.68. The van der Waals surface area contributed by atoms with E-state index in [0.717, 1.165) is 0 Å². The van der Waals surface area contributed by atoms with Crippen LogP contribution in [0.5, 0.6) is 0 Å². The smallest absolute Gasteiger partial charge is 0.0714 e. The van der Waals surface area contributed by atoms with Crippen molar-refractivity contribution in [1.82, 2.24) is 0 Å². The maximum atomic E-state index is 3.67. The summed E-state index contributed by atoms with van der Waals surface area (Å²) in [5.74, 6) is 0. The molecule has 26 heavy (non-hydrogen) atoms. The van der Waals surface area contributed by atoms with Gasteiger partial charge in [-0.25, -0.2) is 0 Å². The summed E-state index contributed by atoms with van der Waals surface area (Å²) in [6.07, 6.45) is 4.51. The Morgan fingerprint density at radius 1 is 0.692 bits per heavy atom. The summed E-state index contributed by atoms with van der Waals surface area (Å²) in [7, 11) is 0.698. The fraction of sp³-hybridized carbons (Fsp3) is 0.0417. The van der Waals surface area contributed by atoms with Crippen LogP contribution in [0, 0.1) is 0 Å². The van der Waals surface area contributed by atoms with Crippen LogP contribution in [0.2, 0.25) is 0 Å². The molecule has 0 saturated heterocycles. The molecule has 2 aliphatic heterocycles. The first-order valence-electron chi connectivity index (χ1n) is 8.98. The maximum Gasteiger partial charge on any atom is 0.0714 e. The first-order chi connectivity index (χ1) is 12.9. The minimum atomic E-state index is -0.190. The molecule has 6 rings (SSSR count). The topological polar surface area (TPSA) is 12.0 Å². The fourth-order valence-electron chi connectivity index (χ4n) is 4.84. The van der Waals surface area contributed by atoms with Crippen LogP contribution in [-0.2, 0) is 5.41 Å². The molecule has 0 fully saturated rings. The number of rotatable bonds is 0. The second-order valence-electron chi connectivity index (χ2n) is 6.97. The second-order valence-corrected chi connectivity index (χ2v) is 8.09. The Hall–Kier alpha value is -2.97. The number of benzene rings is 3. The molecule has 3 aliphatic rings. The Balaban J connectivity index is 1.85. The zero-order valence-corrected chi connectivity index (χ0v) is 15.2. The summed E-state index contributed by atoms with van der Waals surface area (Å²) in [5.41, 5.74) is 11.5. The molecule has 0 amide bonds. The fourth-order valence-corrected chi connectivity index (χ4v) is 6.19. The van der Waals surface area contributed by atoms with Crippen LogP contribution in [0.15, 0.2) is 90.1 Å². The predicted octanol–water partition coefficient (Wildman–Crippen LogP) is 4.88. The highest BCUT2D eigenvalue weighted by atomic mass is 28.2. The van der Waals surface area contributed by atoms with Crippen molar-refractivity contribution in [2.75, 3.05) is 5.32 Å². The number of fused-ring (bicyclic) bond motifs is 8. The van der Waals surface area contributed by atoms with Gasteiger partial charge in [0.25, 0.3) is 0 Å². The van der Waals surface area contributed by atoms with E-state index in [0.29, 0.717) is 9.13 Å². The summed E-state index contributed by atoms with van der Waals surface area (Å²) in [5, 5.41) is 5.20. The molecule has 2 heterocycles. The van der Waals surface area contributed by atoms with Crippen LogP contribution in [0.25, 0.3) is 5.57 Å². The number of allylic oxidation sites excluding steroid dienone is 4. The highest BCUT2D eigenvalue weighted by molar-refractivity contribution is 6.60. The lowest BCUT2D eigenvalue weighted by Gasteiger charge is -2.41. The maximum absolute atomic E-state index is 3.67. The van der Waals surface area contributed by atoms with Crippen LogP contribution in [0.1, 0.15) is 22.3 Å². The van der Waals surface area contributed by atoms with Gasteiger partial charge >= 0.3 is 0 Å². The Bertz CT molecular complexity index is 1120. The van der Waals surface area contributed by atoms with E-state index in [-0.39, 0.29) is 5.41 Å². The second kappa shape index (κ2) is 5.02. The molecule has 0 saturated carbocycles. The summed E-state index contributed by atoms with van der Waals surface area (Å²) >= 11 is 0. The SMILES string of the molecule is C1=CC2=C([Si]=C1)C1(c3ccccc3Nc3ccccc31)c1ccccc12. The third-order valence-electron chi connectivity index (χ3n) is 5.78. The van der Waals surface area contributed by atoms with Crippen molar-refractivity contribution in [3.05, 3.63) is 112 Å². The van der Waals surface area contributed by atoms with Crippen molar-refractivity contribution in [3.63, 3.8) is 0 Å². The molecule has 1 nitrogen and oxygen atoms in total. The van der Waals surface area contributed by atoms with Gasteiger partial charge in [0, 0.05) is 11.4 Å². The number of nitrogens with one attached hydrogen (secondary N) is 1. The van der Waals surface area contributed by atoms with Crippen LogP contribution >= 0.6 is 0 Å². The van der Waals surface area contributed by atoms with Gasteiger partial charge in [0.05, 0.1) is 14.5 Å². The van der Waals surface area contributed by atoms with Gasteiger partial charge in [0.2, 0.25) is 0 Å². The molecule has 121 valence electrons.